The molecule has 0 saturated carbocycles. The first kappa shape index (κ1) is 25.9. The Morgan fingerprint density at radius 3 is 2.62 bits per heavy atom. The number of phenols is 1. The highest BCUT2D eigenvalue weighted by molar-refractivity contribution is 6.25. The number of hydrogen-bond acceptors (Lipinski definition) is 7. The molecule has 5 aliphatic rings. The number of anilines is 1. The number of hydrogen-bond donors (Lipinski definition) is 2. The Hall–Kier alpha value is -5.05. The van der Waals surface area contributed by atoms with Crippen molar-refractivity contribution in [3.05, 3.63) is 99.9 Å². The number of carbonyl (C=O) groups excluding carboxylic acids is 4. The SMILES string of the molecule is CC1=CC(=O)C2=C(CC3C(=CCC4C(=O)N(c5cccc(C(=O)O)c5)C(=O)C43)C2C2=COc3ccc(O)cc3C2)C1=O. The Kier molecular flexibility index (Phi) is 5.69. The number of Topliss-reactive ketones (excluding diaryl/α,β-unsaturated/α-hetero) is 1. The standard InChI is InChI=1S/C33H25NO8/c1-15-9-25(36)29-24(30(15)37)13-23-21(27(29)18-10-17-12-20(35)5-8-26(17)42-14-18)6-7-22-28(23)32(39)34(31(22)38)19-4-2-3-16(11-19)33(40)41/h2-6,8-9,11-12,14,22-23,27-28,35H,7,10,13H2,1H3,(H,40,41). The Morgan fingerprint density at radius 2 is 1.83 bits per heavy atom. The largest absolute Gasteiger partial charge is 0.508 e. The number of ketones is 2. The molecule has 3 aliphatic carbocycles. The first-order valence-corrected chi connectivity index (χ1v) is 13.7. The van der Waals surface area contributed by atoms with Crippen LogP contribution >= 0.6 is 0 Å². The van der Waals surface area contributed by atoms with Gasteiger partial charge in [0.05, 0.1) is 29.3 Å². The molecule has 2 aromatic carbocycles. The molecule has 2 aromatic rings. The lowest BCUT2D eigenvalue weighted by Gasteiger charge is -2.43. The quantitative estimate of drug-likeness (QED) is 0.324. The van der Waals surface area contributed by atoms with Crippen molar-refractivity contribution in [2.75, 3.05) is 4.90 Å². The molecule has 2 amide bonds. The van der Waals surface area contributed by atoms with Crippen molar-refractivity contribution in [2.24, 2.45) is 23.7 Å². The number of carboxylic acid groups (broad SMARTS) is 1. The smallest absolute Gasteiger partial charge is 0.335 e. The van der Waals surface area contributed by atoms with Gasteiger partial charge in [0.15, 0.2) is 11.6 Å². The van der Waals surface area contributed by atoms with Gasteiger partial charge in [-0.3, -0.25) is 24.1 Å². The molecule has 9 heteroatoms. The van der Waals surface area contributed by atoms with Crippen molar-refractivity contribution < 1.29 is 38.9 Å². The number of amides is 2. The highest BCUT2D eigenvalue weighted by atomic mass is 16.5. The molecule has 4 atom stereocenters. The van der Waals surface area contributed by atoms with Crippen molar-refractivity contribution in [1.29, 1.82) is 0 Å². The van der Waals surface area contributed by atoms with Crippen molar-refractivity contribution in [3.63, 3.8) is 0 Å². The zero-order valence-electron chi connectivity index (χ0n) is 22.5. The fraction of sp³-hybridized carbons (Fsp3) is 0.242. The lowest BCUT2D eigenvalue weighted by Crippen LogP contribution is -2.41. The fourth-order valence-electron chi connectivity index (χ4n) is 7.22. The minimum absolute atomic E-state index is 0.0431. The fourth-order valence-corrected chi connectivity index (χ4v) is 7.22. The van der Waals surface area contributed by atoms with Crippen LogP contribution < -0.4 is 9.64 Å². The van der Waals surface area contributed by atoms with Gasteiger partial charge in [-0.2, -0.15) is 0 Å². The lowest BCUT2D eigenvalue weighted by atomic mass is 9.58. The summed E-state index contributed by atoms with van der Waals surface area (Å²) in [5, 5.41) is 19.5. The van der Waals surface area contributed by atoms with Crippen molar-refractivity contribution in [3.8, 4) is 11.5 Å². The van der Waals surface area contributed by atoms with E-state index >= 15 is 0 Å². The summed E-state index contributed by atoms with van der Waals surface area (Å²) in [5.41, 5.74) is 3.42. The van der Waals surface area contributed by atoms with E-state index in [1.807, 2.05) is 6.08 Å². The summed E-state index contributed by atoms with van der Waals surface area (Å²) in [6.07, 6.45) is 5.61. The molecule has 9 nitrogen and oxygen atoms in total. The number of imide groups is 1. The van der Waals surface area contributed by atoms with Crippen molar-refractivity contribution in [2.45, 2.75) is 26.2 Å². The number of carboxylic acids is 1. The number of allylic oxidation sites excluding steroid dienone is 7. The normalized spacial score (nSPS) is 26.4. The molecule has 0 radical (unpaired) electrons. The molecule has 2 aliphatic heterocycles. The van der Waals surface area contributed by atoms with E-state index in [1.54, 1.807) is 25.3 Å². The minimum atomic E-state index is -1.17. The topological polar surface area (TPSA) is 138 Å². The second kappa shape index (κ2) is 9.24. The maximum Gasteiger partial charge on any atom is 0.335 e. The number of phenolic OH excluding ortho intramolecular Hbond substituents is 1. The van der Waals surface area contributed by atoms with Gasteiger partial charge in [-0.1, -0.05) is 17.7 Å². The molecule has 210 valence electrons. The molecule has 1 fully saturated rings. The summed E-state index contributed by atoms with van der Waals surface area (Å²) in [7, 11) is 0. The third-order valence-electron chi connectivity index (χ3n) is 9.06. The van der Waals surface area contributed by atoms with Gasteiger partial charge in [-0.05, 0) is 73.7 Å². The molecule has 2 heterocycles. The summed E-state index contributed by atoms with van der Waals surface area (Å²) in [4.78, 5) is 67.3. The number of fused-ring (bicyclic) bond motifs is 4. The van der Waals surface area contributed by atoms with Crippen LogP contribution in [0.2, 0.25) is 0 Å². The van der Waals surface area contributed by atoms with Gasteiger partial charge in [0, 0.05) is 34.6 Å². The Balaban J connectivity index is 1.32. The van der Waals surface area contributed by atoms with E-state index in [-0.39, 0.29) is 41.4 Å². The van der Waals surface area contributed by atoms with Crippen LogP contribution in [-0.4, -0.2) is 39.6 Å². The van der Waals surface area contributed by atoms with E-state index < -0.39 is 41.5 Å². The highest BCUT2D eigenvalue weighted by Gasteiger charge is 2.57. The molecule has 42 heavy (non-hydrogen) atoms. The van der Waals surface area contributed by atoms with E-state index in [1.165, 1.54) is 36.4 Å². The monoisotopic (exact) mass is 563 g/mol. The van der Waals surface area contributed by atoms with E-state index in [4.69, 9.17) is 4.74 Å². The van der Waals surface area contributed by atoms with Gasteiger partial charge in [-0.15, -0.1) is 0 Å². The average molecular weight is 564 g/mol. The third-order valence-corrected chi connectivity index (χ3v) is 9.06. The summed E-state index contributed by atoms with van der Waals surface area (Å²) in [5.74, 6) is -4.52. The molecule has 4 unspecified atom stereocenters. The van der Waals surface area contributed by atoms with Crippen LogP contribution in [0.5, 0.6) is 11.5 Å². The Morgan fingerprint density at radius 1 is 1.02 bits per heavy atom. The summed E-state index contributed by atoms with van der Waals surface area (Å²) in [6.45, 7) is 1.59. The first-order chi connectivity index (χ1) is 20.1. The number of benzene rings is 2. The van der Waals surface area contributed by atoms with Crippen LogP contribution in [0.25, 0.3) is 0 Å². The van der Waals surface area contributed by atoms with E-state index in [0.717, 1.165) is 16.0 Å². The summed E-state index contributed by atoms with van der Waals surface area (Å²) >= 11 is 0. The Bertz CT molecular complexity index is 1790. The van der Waals surface area contributed by atoms with E-state index in [0.29, 0.717) is 34.5 Å². The number of carbonyl (C=O) groups is 5. The molecular formula is C33H25NO8. The maximum absolute atomic E-state index is 14.0. The number of rotatable bonds is 3. The van der Waals surface area contributed by atoms with Crippen LogP contribution in [0.15, 0.2) is 88.7 Å². The molecule has 2 N–H and O–H groups in total. The molecule has 1 saturated heterocycles. The number of nitrogens with zero attached hydrogens (tertiary/aromatic N) is 1. The molecular weight excluding hydrogens is 538 g/mol. The zero-order chi connectivity index (χ0) is 29.4. The zero-order valence-corrected chi connectivity index (χ0v) is 22.5. The Labute approximate surface area is 240 Å². The predicted octanol–water partition coefficient (Wildman–Crippen LogP) is 4.08. The molecule has 0 spiro atoms. The second-order valence-corrected chi connectivity index (χ2v) is 11.4. The van der Waals surface area contributed by atoms with E-state index in [2.05, 4.69) is 0 Å². The van der Waals surface area contributed by atoms with Crippen LogP contribution in [-0.2, 0) is 25.6 Å². The van der Waals surface area contributed by atoms with Crippen molar-refractivity contribution >= 4 is 35.0 Å². The second-order valence-electron chi connectivity index (χ2n) is 11.4. The van der Waals surface area contributed by atoms with Gasteiger partial charge in [0.25, 0.3) is 0 Å². The predicted molar refractivity (Wildman–Crippen MR) is 148 cm³/mol. The molecule has 7 rings (SSSR count). The van der Waals surface area contributed by atoms with Crippen LogP contribution in [0.3, 0.4) is 0 Å². The average Bonchev–Trinajstić information content (AvgIpc) is 3.23. The molecule has 0 bridgehead atoms. The highest BCUT2D eigenvalue weighted by Crippen LogP contribution is 2.55. The van der Waals surface area contributed by atoms with Crippen LogP contribution in [0.1, 0.15) is 35.7 Å². The van der Waals surface area contributed by atoms with E-state index in [9.17, 15) is 34.2 Å². The van der Waals surface area contributed by atoms with Crippen molar-refractivity contribution in [1.82, 2.24) is 0 Å². The van der Waals surface area contributed by atoms with Gasteiger partial charge in [-0.25, -0.2) is 4.79 Å². The van der Waals surface area contributed by atoms with Crippen LogP contribution in [0, 0.1) is 23.7 Å². The third kappa shape index (κ3) is 3.73. The van der Waals surface area contributed by atoms with Gasteiger partial charge < -0.3 is 14.9 Å². The lowest BCUT2D eigenvalue weighted by molar-refractivity contribution is -0.123. The van der Waals surface area contributed by atoms with Crippen LogP contribution in [0.4, 0.5) is 5.69 Å². The van der Waals surface area contributed by atoms with Gasteiger partial charge >= 0.3 is 5.97 Å². The summed E-state index contributed by atoms with van der Waals surface area (Å²) < 4.78 is 5.91. The minimum Gasteiger partial charge on any atom is -0.508 e. The van der Waals surface area contributed by atoms with Gasteiger partial charge in [0.2, 0.25) is 11.8 Å². The number of aromatic carboxylic acids is 1. The number of ether oxygens (including phenoxy) is 1. The molecule has 0 aromatic heterocycles. The summed E-state index contributed by atoms with van der Waals surface area (Å²) in [6, 6.07) is 10.5. The first-order valence-electron chi connectivity index (χ1n) is 13.7. The maximum atomic E-state index is 14.0. The van der Waals surface area contributed by atoms with Gasteiger partial charge in [0.1, 0.15) is 11.5 Å². The number of aromatic hydroxyl groups is 1.